The fourth-order valence-corrected chi connectivity index (χ4v) is 5.93. The Morgan fingerprint density at radius 3 is 2.32 bits per heavy atom. The number of ether oxygens (including phenoxy) is 1. The monoisotopic (exact) mass is 307 g/mol. The smallest absolute Gasteiger partial charge is 0.0711 e. The summed E-state index contributed by atoms with van der Waals surface area (Å²) >= 11 is 0. The molecule has 0 aromatic rings. The number of likely N-dealkylation sites (tertiary alicyclic amines) is 1. The van der Waals surface area contributed by atoms with Crippen molar-refractivity contribution in [3.63, 3.8) is 0 Å². The zero-order valence-electron chi connectivity index (χ0n) is 15.5. The number of fused-ring (bicyclic) bond motifs is 1. The number of rotatable bonds is 3. The largest absolute Gasteiger partial charge is 0.377 e. The van der Waals surface area contributed by atoms with Gasteiger partial charge in [0, 0.05) is 12.1 Å². The average Bonchev–Trinajstić information content (AvgIpc) is 2.57. The lowest BCUT2D eigenvalue weighted by Gasteiger charge is -2.64. The summed E-state index contributed by atoms with van der Waals surface area (Å²) < 4.78 is 5.80. The average molecular weight is 308 g/mol. The highest BCUT2D eigenvalue weighted by Gasteiger charge is 2.58. The van der Waals surface area contributed by atoms with Crippen LogP contribution < -0.4 is 0 Å². The Labute approximate surface area is 138 Å². The van der Waals surface area contributed by atoms with Crippen molar-refractivity contribution in [1.82, 2.24) is 4.90 Å². The van der Waals surface area contributed by atoms with Crippen LogP contribution in [0.1, 0.15) is 73.1 Å². The van der Waals surface area contributed by atoms with Crippen molar-refractivity contribution in [3.05, 3.63) is 0 Å². The molecular weight excluding hydrogens is 270 g/mol. The fraction of sp³-hybridized carbons (Fsp3) is 1.00. The van der Waals surface area contributed by atoms with Crippen molar-refractivity contribution >= 4 is 0 Å². The first-order valence-electron chi connectivity index (χ1n) is 9.82. The first-order valence-corrected chi connectivity index (χ1v) is 9.82. The molecule has 0 aromatic heterocycles. The van der Waals surface area contributed by atoms with Crippen LogP contribution in [0, 0.1) is 23.7 Å². The van der Waals surface area contributed by atoms with Crippen molar-refractivity contribution in [1.29, 1.82) is 0 Å². The second-order valence-electron chi connectivity index (χ2n) is 9.15. The maximum absolute atomic E-state index is 5.80. The highest BCUT2D eigenvalue weighted by molar-refractivity contribution is 5.10. The lowest BCUT2D eigenvalue weighted by atomic mass is 9.63. The van der Waals surface area contributed by atoms with Gasteiger partial charge in [0.1, 0.15) is 0 Å². The van der Waals surface area contributed by atoms with Gasteiger partial charge in [0.05, 0.1) is 18.8 Å². The second kappa shape index (κ2) is 6.43. The summed E-state index contributed by atoms with van der Waals surface area (Å²) in [5.41, 5.74) is 0.365. The summed E-state index contributed by atoms with van der Waals surface area (Å²) in [5, 5.41) is 0. The zero-order chi connectivity index (χ0) is 15.9. The molecule has 22 heavy (non-hydrogen) atoms. The summed E-state index contributed by atoms with van der Waals surface area (Å²) in [6.07, 6.45) is 8.58. The van der Waals surface area contributed by atoms with Crippen LogP contribution in [0.2, 0.25) is 0 Å². The fourth-order valence-electron chi connectivity index (χ4n) is 5.93. The Bertz CT molecular complexity index is 374. The van der Waals surface area contributed by atoms with Crippen LogP contribution in [0.15, 0.2) is 0 Å². The van der Waals surface area contributed by atoms with Gasteiger partial charge in [-0.05, 0) is 56.8 Å². The van der Waals surface area contributed by atoms with Gasteiger partial charge in [0.25, 0.3) is 0 Å². The molecule has 0 amide bonds. The van der Waals surface area contributed by atoms with E-state index in [4.69, 9.17) is 4.74 Å². The second-order valence-corrected chi connectivity index (χ2v) is 9.15. The molecule has 0 bridgehead atoms. The molecule has 2 aliphatic heterocycles. The lowest BCUT2D eigenvalue weighted by molar-refractivity contribution is -0.227. The SMILES string of the molecule is CC(C)CC1CC2C(C)CCCCC2N(C(C)C)C12COC2. The van der Waals surface area contributed by atoms with E-state index < -0.39 is 0 Å². The molecule has 4 unspecified atom stereocenters. The quantitative estimate of drug-likeness (QED) is 0.747. The van der Waals surface area contributed by atoms with Gasteiger partial charge in [-0.2, -0.15) is 0 Å². The molecule has 2 saturated heterocycles. The third-order valence-electron chi connectivity index (χ3n) is 6.84. The molecule has 1 aliphatic carbocycles. The summed E-state index contributed by atoms with van der Waals surface area (Å²) in [6.45, 7) is 14.1. The van der Waals surface area contributed by atoms with Crippen LogP contribution in [-0.4, -0.2) is 35.7 Å². The number of hydrogen-bond acceptors (Lipinski definition) is 2. The molecule has 2 heteroatoms. The Hall–Kier alpha value is -0.0800. The molecule has 128 valence electrons. The van der Waals surface area contributed by atoms with Crippen LogP contribution in [0.4, 0.5) is 0 Å². The van der Waals surface area contributed by atoms with E-state index in [0.29, 0.717) is 11.6 Å². The summed E-state index contributed by atoms with van der Waals surface area (Å²) in [7, 11) is 0. The van der Waals surface area contributed by atoms with Gasteiger partial charge in [0.2, 0.25) is 0 Å². The first-order chi connectivity index (χ1) is 10.5. The third kappa shape index (κ3) is 2.75. The van der Waals surface area contributed by atoms with Crippen LogP contribution in [0.5, 0.6) is 0 Å². The molecule has 4 atom stereocenters. The third-order valence-corrected chi connectivity index (χ3v) is 6.84. The maximum Gasteiger partial charge on any atom is 0.0711 e. The minimum absolute atomic E-state index is 0.365. The van der Waals surface area contributed by atoms with E-state index in [-0.39, 0.29) is 0 Å². The Balaban J connectivity index is 1.93. The predicted octanol–water partition coefficient (Wildman–Crippen LogP) is 4.73. The van der Waals surface area contributed by atoms with Crippen molar-refractivity contribution in [2.24, 2.45) is 23.7 Å². The highest BCUT2D eigenvalue weighted by atomic mass is 16.5. The molecular formula is C20H37NO. The predicted molar refractivity (Wildman–Crippen MR) is 93.0 cm³/mol. The van der Waals surface area contributed by atoms with E-state index in [2.05, 4.69) is 39.5 Å². The van der Waals surface area contributed by atoms with Gasteiger partial charge in [-0.3, -0.25) is 4.90 Å². The Morgan fingerprint density at radius 1 is 1.09 bits per heavy atom. The van der Waals surface area contributed by atoms with Gasteiger partial charge >= 0.3 is 0 Å². The molecule has 1 spiro atoms. The number of piperidine rings is 1. The van der Waals surface area contributed by atoms with Crippen LogP contribution in [0.25, 0.3) is 0 Å². The van der Waals surface area contributed by atoms with Crippen molar-refractivity contribution in [2.75, 3.05) is 13.2 Å². The Kier molecular flexibility index (Phi) is 4.90. The minimum atomic E-state index is 0.365. The molecule has 2 heterocycles. The van der Waals surface area contributed by atoms with Gasteiger partial charge in [-0.1, -0.05) is 40.0 Å². The summed E-state index contributed by atoms with van der Waals surface area (Å²) in [4.78, 5) is 2.94. The standard InChI is InChI=1S/C20H37NO/c1-14(2)10-17-11-18-16(5)8-6-7-9-19(18)21(15(3)4)20(17)12-22-13-20/h14-19H,6-13H2,1-5H3. The lowest BCUT2D eigenvalue weighted by Crippen LogP contribution is -2.74. The van der Waals surface area contributed by atoms with Gasteiger partial charge < -0.3 is 4.74 Å². The van der Waals surface area contributed by atoms with E-state index in [1.54, 1.807) is 0 Å². The molecule has 0 aromatic carbocycles. The number of hydrogen-bond donors (Lipinski definition) is 0. The summed E-state index contributed by atoms with van der Waals surface area (Å²) in [6, 6.07) is 1.46. The van der Waals surface area contributed by atoms with Gasteiger partial charge in [0.15, 0.2) is 0 Å². The van der Waals surface area contributed by atoms with Crippen LogP contribution in [0.3, 0.4) is 0 Å². The molecule has 1 saturated carbocycles. The van der Waals surface area contributed by atoms with E-state index in [1.165, 1.54) is 38.5 Å². The molecule has 3 aliphatic rings. The van der Waals surface area contributed by atoms with E-state index in [1.807, 2.05) is 0 Å². The molecule has 2 nitrogen and oxygen atoms in total. The molecule has 0 radical (unpaired) electrons. The van der Waals surface area contributed by atoms with Gasteiger partial charge in [-0.25, -0.2) is 0 Å². The van der Waals surface area contributed by atoms with Crippen molar-refractivity contribution in [3.8, 4) is 0 Å². The number of nitrogens with zero attached hydrogens (tertiary/aromatic N) is 1. The van der Waals surface area contributed by atoms with E-state index in [9.17, 15) is 0 Å². The van der Waals surface area contributed by atoms with Crippen LogP contribution >= 0.6 is 0 Å². The van der Waals surface area contributed by atoms with E-state index in [0.717, 1.165) is 42.9 Å². The van der Waals surface area contributed by atoms with Gasteiger partial charge in [-0.15, -0.1) is 0 Å². The normalized spacial score (nSPS) is 38.9. The minimum Gasteiger partial charge on any atom is -0.377 e. The summed E-state index contributed by atoms with van der Waals surface area (Å²) in [5.74, 6) is 3.46. The maximum atomic E-state index is 5.80. The van der Waals surface area contributed by atoms with E-state index >= 15 is 0 Å². The Morgan fingerprint density at radius 2 is 1.77 bits per heavy atom. The first kappa shape index (κ1) is 16.8. The molecule has 3 fully saturated rings. The van der Waals surface area contributed by atoms with Crippen molar-refractivity contribution in [2.45, 2.75) is 90.8 Å². The van der Waals surface area contributed by atoms with Crippen LogP contribution in [-0.2, 0) is 4.74 Å². The molecule has 0 N–H and O–H groups in total. The topological polar surface area (TPSA) is 12.5 Å². The zero-order valence-corrected chi connectivity index (χ0v) is 15.5. The van der Waals surface area contributed by atoms with Crippen molar-refractivity contribution < 1.29 is 4.74 Å². The highest BCUT2D eigenvalue weighted by Crippen LogP contribution is 2.51. The molecule has 3 rings (SSSR count).